The number of rotatable bonds is 8. The molecule has 0 aliphatic carbocycles. The molecule has 3 aromatic rings. The van der Waals surface area contributed by atoms with Gasteiger partial charge < -0.3 is 15.4 Å². The highest BCUT2D eigenvalue weighted by Gasteiger charge is 2.12. The molecule has 0 radical (unpaired) electrons. The number of amides is 2. The zero-order valence-electron chi connectivity index (χ0n) is 18.1. The van der Waals surface area contributed by atoms with E-state index < -0.39 is 0 Å². The van der Waals surface area contributed by atoms with Gasteiger partial charge >= 0.3 is 0 Å². The fraction of sp³-hybridized carbons (Fsp3) is 0.231. The summed E-state index contributed by atoms with van der Waals surface area (Å²) in [6, 6.07) is 22.2. The minimum atomic E-state index is -0.237. The summed E-state index contributed by atoms with van der Waals surface area (Å²) in [5.74, 6) is 0.691. The van der Waals surface area contributed by atoms with Crippen molar-refractivity contribution >= 4 is 23.2 Å². The summed E-state index contributed by atoms with van der Waals surface area (Å²) in [4.78, 5) is 24.7. The van der Waals surface area contributed by atoms with Gasteiger partial charge in [-0.1, -0.05) is 50.2 Å². The third-order valence-corrected chi connectivity index (χ3v) is 5.22. The Hall–Kier alpha value is -3.60. The van der Waals surface area contributed by atoms with Crippen molar-refractivity contribution in [2.24, 2.45) is 0 Å². The van der Waals surface area contributed by atoms with Crippen LogP contribution in [0.5, 0.6) is 5.75 Å². The van der Waals surface area contributed by atoms with Gasteiger partial charge in [-0.05, 0) is 66.8 Å². The highest BCUT2D eigenvalue weighted by atomic mass is 16.5. The van der Waals surface area contributed by atoms with E-state index in [1.54, 1.807) is 24.3 Å². The third kappa shape index (κ3) is 5.95. The molecule has 0 fully saturated rings. The summed E-state index contributed by atoms with van der Waals surface area (Å²) in [6.45, 7) is 6.08. The zero-order chi connectivity index (χ0) is 22.2. The first-order chi connectivity index (χ1) is 15.0. The standard InChI is InChI=1S/C26H28N2O3/c1-4-18(2)22-12-8-9-13-24(22)31-17-25(29)27-21-14-15-23(19(3)16-21)28-26(30)20-10-6-5-7-11-20/h5-16,18H,4,17H2,1-3H3,(H,27,29)(H,28,30). The van der Waals surface area contributed by atoms with E-state index in [0.29, 0.717) is 22.9 Å². The number of nitrogens with one attached hydrogen (secondary N) is 2. The number of ether oxygens (including phenoxy) is 1. The van der Waals surface area contributed by atoms with E-state index >= 15 is 0 Å². The predicted octanol–water partition coefficient (Wildman–Crippen LogP) is 5.78. The van der Waals surface area contributed by atoms with Crippen LogP contribution >= 0.6 is 0 Å². The van der Waals surface area contributed by atoms with Crippen LogP contribution in [0.15, 0.2) is 72.8 Å². The van der Waals surface area contributed by atoms with Crippen LogP contribution in [0.3, 0.4) is 0 Å². The summed E-state index contributed by atoms with van der Waals surface area (Å²) >= 11 is 0. The van der Waals surface area contributed by atoms with Crippen LogP contribution in [-0.2, 0) is 4.79 Å². The number of carbonyl (C=O) groups is 2. The van der Waals surface area contributed by atoms with E-state index in [1.165, 1.54) is 0 Å². The fourth-order valence-corrected chi connectivity index (χ4v) is 3.25. The molecule has 5 nitrogen and oxygen atoms in total. The van der Waals surface area contributed by atoms with Crippen LogP contribution in [0.2, 0.25) is 0 Å². The molecule has 160 valence electrons. The molecule has 1 atom stereocenters. The minimum absolute atomic E-state index is 0.0704. The first-order valence-electron chi connectivity index (χ1n) is 10.5. The molecule has 0 aromatic heterocycles. The van der Waals surface area contributed by atoms with Crippen molar-refractivity contribution in [2.45, 2.75) is 33.1 Å². The normalized spacial score (nSPS) is 11.5. The topological polar surface area (TPSA) is 67.4 Å². The lowest BCUT2D eigenvalue weighted by Crippen LogP contribution is -2.21. The molecular formula is C26H28N2O3. The van der Waals surface area contributed by atoms with E-state index in [2.05, 4.69) is 24.5 Å². The Kier molecular flexibility index (Phi) is 7.44. The van der Waals surface area contributed by atoms with E-state index in [4.69, 9.17) is 4.74 Å². The SMILES string of the molecule is CCC(C)c1ccccc1OCC(=O)Nc1ccc(NC(=O)c2ccccc2)c(C)c1. The molecule has 0 spiro atoms. The lowest BCUT2D eigenvalue weighted by atomic mass is 9.98. The maximum Gasteiger partial charge on any atom is 0.262 e. The summed E-state index contributed by atoms with van der Waals surface area (Å²) in [5, 5.41) is 5.75. The first kappa shape index (κ1) is 22.1. The van der Waals surface area contributed by atoms with Crippen molar-refractivity contribution in [3.8, 4) is 5.75 Å². The van der Waals surface area contributed by atoms with Gasteiger partial charge in [-0.15, -0.1) is 0 Å². The molecule has 0 bridgehead atoms. The van der Waals surface area contributed by atoms with Gasteiger partial charge in [0, 0.05) is 16.9 Å². The molecule has 0 heterocycles. The molecule has 1 unspecified atom stereocenters. The van der Waals surface area contributed by atoms with Crippen molar-refractivity contribution in [2.75, 3.05) is 17.2 Å². The van der Waals surface area contributed by atoms with Gasteiger partial charge in [0.25, 0.3) is 11.8 Å². The number of benzene rings is 3. The summed E-state index contributed by atoms with van der Waals surface area (Å²) in [7, 11) is 0. The Morgan fingerprint density at radius 3 is 2.35 bits per heavy atom. The van der Waals surface area contributed by atoms with Gasteiger partial charge in [0.2, 0.25) is 0 Å². The fourth-order valence-electron chi connectivity index (χ4n) is 3.25. The summed E-state index contributed by atoms with van der Waals surface area (Å²) in [5.41, 5.74) is 3.90. The van der Waals surface area contributed by atoms with Gasteiger partial charge in [-0.3, -0.25) is 9.59 Å². The van der Waals surface area contributed by atoms with Gasteiger partial charge in [0.1, 0.15) is 5.75 Å². The van der Waals surface area contributed by atoms with Gasteiger partial charge in [-0.25, -0.2) is 0 Å². The van der Waals surface area contributed by atoms with E-state index in [1.807, 2.05) is 55.5 Å². The van der Waals surface area contributed by atoms with Crippen LogP contribution in [-0.4, -0.2) is 18.4 Å². The average Bonchev–Trinajstić information content (AvgIpc) is 2.79. The van der Waals surface area contributed by atoms with Crippen molar-refractivity contribution in [1.29, 1.82) is 0 Å². The smallest absolute Gasteiger partial charge is 0.262 e. The van der Waals surface area contributed by atoms with Gasteiger partial charge in [-0.2, -0.15) is 0 Å². The molecule has 0 saturated heterocycles. The number of hydrogen-bond acceptors (Lipinski definition) is 3. The van der Waals surface area contributed by atoms with Gasteiger partial charge in [0.15, 0.2) is 6.61 Å². The maximum atomic E-state index is 12.4. The first-order valence-corrected chi connectivity index (χ1v) is 10.5. The van der Waals surface area contributed by atoms with Crippen LogP contribution < -0.4 is 15.4 Å². The van der Waals surface area contributed by atoms with Crippen LogP contribution in [0, 0.1) is 6.92 Å². The van der Waals surface area contributed by atoms with Crippen molar-refractivity contribution < 1.29 is 14.3 Å². The Labute approximate surface area is 183 Å². The third-order valence-electron chi connectivity index (χ3n) is 5.22. The van der Waals surface area contributed by atoms with E-state index in [-0.39, 0.29) is 18.4 Å². The van der Waals surface area contributed by atoms with Crippen molar-refractivity contribution in [3.05, 3.63) is 89.5 Å². The molecule has 3 aromatic carbocycles. The molecule has 3 rings (SSSR count). The lowest BCUT2D eigenvalue weighted by Gasteiger charge is -2.16. The second-order valence-electron chi connectivity index (χ2n) is 7.53. The summed E-state index contributed by atoms with van der Waals surface area (Å²) < 4.78 is 5.78. The second-order valence-corrected chi connectivity index (χ2v) is 7.53. The number of hydrogen-bond donors (Lipinski definition) is 2. The molecule has 2 N–H and O–H groups in total. The minimum Gasteiger partial charge on any atom is -0.483 e. The highest BCUT2D eigenvalue weighted by Crippen LogP contribution is 2.28. The van der Waals surface area contributed by atoms with Crippen LogP contribution in [0.4, 0.5) is 11.4 Å². The van der Waals surface area contributed by atoms with Crippen molar-refractivity contribution in [1.82, 2.24) is 0 Å². The maximum absolute atomic E-state index is 12.4. The molecule has 5 heteroatoms. The van der Waals surface area contributed by atoms with Gasteiger partial charge in [0.05, 0.1) is 0 Å². The predicted molar refractivity (Wildman–Crippen MR) is 125 cm³/mol. The molecular weight excluding hydrogens is 388 g/mol. The molecule has 2 amide bonds. The van der Waals surface area contributed by atoms with E-state index in [0.717, 1.165) is 23.3 Å². The molecule has 31 heavy (non-hydrogen) atoms. The van der Waals surface area contributed by atoms with Crippen LogP contribution in [0.25, 0.3) is 0 Å². The lowest BCUT2D eigenvalue weighted by molar-refractivity contribution is -0.118. The van der Waals surface area contributed by atoms with E-state index in [9.17, 15) is 9.59 Å². The zero-order valence-corrected chi connectivity index (χ0v) is 18.1. The Morgan fingerprint density at radius 2 is 1.65 bits per heavy atom. The molecule has 0 aliphatic rings. The van der Waals surface area contributed by atoms with Crippen molar-refractivity contribution in [3.63, 3.8) is 0 Å². The number of para-hydroxylation sites is 1. The monoisotopic (exact) mass is 416 g/mol. The second kappa shape index (κ2) is 10.4. The summed E-state index contributed by atoms with van der Waals surface area (Å²) in [6.07, 6.45) is 0.999. The average molecular weight is 417 g/mol. The quantitative estimate of drug-likeness (QED) is 0.489. The Balaban J connectivity index is 1.59. The number of carbonyl (C=O) groups excluding carboxylic acids is 2. The molecule has 0 aliphatic heterocycles. The highest BCUT2D eigenvalue weighted by molar-refractivity contribution is 6.04. The largest absolute Gasteiger partial charge is 0.483 e. The van der Waals surface area contributed by atoms with Crippen LogP contribution in [0.1, 0.15) is 47.7 Å². The molecule has 0 saturated carbocycles. The Morgan fingerprint density at radius 1 is 0.935 bits per heavy atom. The Bertz CT molecular complexity index is 1050. The number of anilines is 2. The number of aryl methyl sites for hydroxylation is 1.